The molecule has 0 radical (unpaired) electrons. The SMILES string of the molecule is CCCCCCCC1CCC(c2ccc(OC)cc2)OC1. The van der Waals surface area contributed by atoms with E-state index in [2.05, 4.69) is 19.1 Å². The zero-order valence-electron chi connectivity index (χ0n) is 13.6. The van der Waals surface area contributed by atoms with E-state index in [-0.39, 0.29) is 6.10 Å². The summed E-state index contributed by atoms with van der Waals surface area (Å²) in [5.74, 6) is 1.70. The lowest BCUT2D eigenvalue weighted by molar-refractivity contribution is -0.0199. The van der Waals surface area contributed by atoms with E-state index in [1.807, 2.05) is 12.1 Å². The lowest BCUT2D eigenvalue weighted by Crippen LogP contribution is -2.20. The zero-order valence-corrected chi connectivity index (χ0v) is 13.6. The Balaban J connectivity index is 1.67. The Morgan fingerprint density at radius 1 is 1.05 bits per heavy atom. The van der Waals surface area contributed by atoms with E-state index in [1.54, 1.807) is 7.11 Å². The molecule has 1 heterocycles. The van der Waals surface area contributed by atoms with Crippen molar-refractivity contribution < 1.29 is 9.47 Å². The molecule has 0 aliphatic carbocycles. The predicted octanol–water partition coefficient (Wildman–Crippen LogP) is 5.52. The monoisotopic (exact) mass is 290 g/mol. The van der Waals surface area contributed by atoms with Crippen LogP contribution in [0.3, 0.4) is 0 Å². The quantitative estimate of drug-likeness (QED) is 0.587. The number of hydrogen-bond acceptors (Lipinski definition) is 2. The van der Waals surface area contributed by atoms with Crippen molar-refractivity contribution in [1.82, 2.24) is 0 Å². The average molecular weight is 290 g/mol. The molecule has 1 aromatic carbocycles. The molecule has 2 atom stereocenters. The van der Waals surface area contributed by atoms with Crippen molar-refractivity contribution in [3.05, 3.63) is 29.8 Å². The standard InChI is InChI=1S/C19H30O2/c1-3-4-5-6-7-8-16-9-14-19(21-15-16)17-10-12-18(20-2)13-11-17/h10-13,16,19H,3-9,14-15H2,1-2H3. The van der Waals surface area contributed by atoms with Crippen LogP contribution < -0.4 is 4.74 Å². The maximum Gasteiger partial charge on any atom is 0.118 e. The second-order valence-corrected chi connectivity index (χ2v) is 6.24. The number of rotatable bonds is 8. The summed E-state index contributed by atoms with van der Waals surface area (Å²) in [4.78, 5) is 0. The van der Waals surface area contributed by atoms with Crippen LogP contribution in [0.25, 0.3) is 0 Å². The van der Waals surface area contributed by atoms with Crippen LogP contribution in [-0.4, -0.2) is 13.7 Å². The molecule has 0 amide bonds. The van der Waals surface area contributed by atoms with Crippen LogP contribution >= 0.6 is 0 Å². The molecule has 1 saturated heterocycles. The van der Waals surface area contributed by atoms with Crippen LogP contribution in [0, 0.1) is 5.92 Å². The van der Waals surface area contributed by atoms with Crippen LogP contribution in [0.5, 0.6) is 5.75 Å². The molecule has 1 aromatic rings. The minimum atomic E-state index is 0.284. The van der Waals surface area contributed by atoms with Crippen molar-refractivity contribution in [3.63, 3.8) is 0 Å². The molecule has 1 aliphatic heterocycles. The van der Waals surface area contributed by atoms with Crippen LogP contribution in [0.15, 0.2) is 24.3 Å². The fourth-order valence-corrected chi connectivity index (χ4v) is 3.15. The van der Waals surface area contributed by atoms with Gasteiger partial charge in [-0.25, -0.2) is 0 Å². The highest BCUT2D eigenvalue weighted by molar-refractivity contribution is 5.28. The Labute approximate surface area is 129 Å². The molecule has 118 valence electrons. The Hall–Kier alpha value is -1.02. The lowest BCUT2D eigenvalue weighted by atomic mass is 9.91. The topological polar surface area (TPSA) is 18.5 Å². The molecule has 0 saturated carbocycles. The third-order valence-corrected chi connectivity index (χ3v) is 4.57. The molecule has 21 heavy (non-hydrogen) atoms. The zero-order chi connectivity index (χ0) is 14.9. The molecule has 2 rings (SSSR count). The molecule has 0 N–H and O–H groups in total. The second-order valence-electron chi connectivity index (χ2n) is 6.24. The van der Waals surface area contributed by atoms with Gasteiger partial charge in [-0.1, -0.05) is 51.2 Å². The summed E-state index contributed by atoms with van der Waals surface area (Å²) in [6, 6.07) is 8.32. The average Bonchev–Trinajstić information content (AvgIpc) is 2.55. The van der Waals surface area contributed by atoms with Gasteiger partial charge in [0.05, 0.1) is 19.8 Å². The van der Waals surface area contributed by atoms with E-state index in [1.165, 1.54) is 50.5 Å². The van der Waals surface area contributed by atoms with Gasteiger partial charge in [0, 0.05) is 0 Å². The summed E-state index contributed by atoms with van der Waals surface area (Å²) in [5, 5.41) is 0. The molecule has 2 nitrogen and oxygen atoms in total. The van der Waals surface area contributed by atoms with Gasteiger partial charge in [-0.05, 0) is 42.9 Å². The van der Waals surface area contributed by atoms with Gasteiger partial charge in [0.2, 0.25) is 0 Å². The van der Waals surface area contributed by atoms with Gasteiger partial charge in [-0.3, -0.25) is 0 Å². The van der Waals surface area contributed by atoms with E-state index in [0.717, 1.165) is 24.7 Å². The normalized spacial score (nSPS) is 22.2. The number of methoxy groups -OCH3 is 1. The first-order chi connectivity index (χ1) is 10.3. The van der Waals surface area contributed by atoms with Crippen LogP contribution in [0.4, 0.5) is 0 Å². The molecular formula is C19H30O2. The van der Waals surface area contributed by atoms with Gasteiger partial charge >= 0.3 is 0 Å². The van der Waals surface area contributed by atoms with Gasteiger partial charge in [-0.15, -0.1) is 0 Å². The maximum atomic E-state index is 6.09. The van der Waals surface area contributed by atoms with Gasteiger partial charge in [0.1, 0.15) is 5.75 Å². The number of hydrogen-bond donors (Lipinski definition) is 0. The molecule has 0 aromatic heterocycles. The minimum Gasteiger partial charge on any atom is -0.497 e. The number of ether oxygens (including phenoxy) is 2. The molecule has 1 fully saturated rings. The highest BCUT2D eigenvalue weighted by Crippen LogP contribution is 2.33. The van der Waals surface area contributed by atoms with Crippen molar-refractivity contribution in [2.75, 3.05) is 13.7 Å². The second kappa shape index (κ2) is 9.09. The summed E-state index contributed by atoms with van der Waals surface area (Å²) >= 11 is 0. The third-order valence-electron chi connectivity index (χ3n) is 4.57. The van der Waals surface area contributed by atoms with E-state index < -0.39 is 0 Å². The van der Waals surface area contributed by atoms with Crippen molar-refractivity contribution in [2.45, 2.75) is 64.4 Å². The van der Waals surface area contributed by atoms with Crippen LogP contribution in [-0.2, 0) is 4.74 Å². The van der Waals surface area contributed by atoms with Crippen LogP contribution in [0.2, 0.25) is 0 Å². The highest BCUT2D eigenvalue weighted by Gasteiger charge is 2.22. The first kappa shape index (κ1) is 16.4. The molecule has 0 bridgehead atoms. The Kier molecular flexibility index (Phi) is 7.08. The van der Waals surface area contributed by atoms with Gasteiger partial charge in [-0.2, -0.15) is 0 Å². The predicted molar refractivity (Wildman–Crippen MR) is 87.8 cm³/mol. The summed E-state index contributed by atoms with van der Waals surface area (Å²) in [6.45, 7) is 3.21. The van der Waals surface area contributed by atoms with Crippen molar-refractivity contribution >= 4 is 0 Å². The Bertz CT molecular complexity index is 377. The van der Waals surface area contributed by atoms with Gasteiger partial charge in [0.15, 0.2) is 0 Å². The summed E-state index contributed by atoms with van der Waals surface area (Å²) in [5.41, 5.74) is 1.29. The maximum absolute atomic E-state index is 6.09. The number of benzene rings is 1. The molecular weight excluding hydrogens is 260 g/mol. The van der Waals surface area contributed by atoms with Crippen molar-refractivity contribution in [2.24, 2.45) is 5.92 Å². The molecule has 2 heteroatoms. The Morgan fingerprint density at radius 3 is 2.43 bits per heavy atom. The fraction of sp³-hybridized carbons (Fsp3) is 0.684. The molecule has 2 unspecified atom stereocenters. The van der Waals surface area contributed by atoms with Crippen LogP contribution in [0.1, 0.15) is 70.0 Å². The lowest BCUT2D eigenvalue weighted by Gasteiger charge is -2.29. The van der Waals surface area contributed by atoms with Crippen molar-refractivity contribution in [1.29, 1.82) is 0 Å². The first-order valence-electron chi connectivity index (χ1n) is 8.59. The first-order valence-corrected chi connectivity index (χ1v) is 8.59. The fourth-order valence-electron chi connectivity index (χ4n) is 3.15. The summed E-state index contributed by atoms with van der Waals surface area (Å²) in [6.07, 6.45) is 11.0. The van der Waals surface area contributed by atoms with E-state index >= 15 is 0 Å². The van der Waals surface area contributed by atoms with E-state index in [4.69, 9.17) is 9.47 Å². The Morgan fingerprint density at radius 2 is 1.81 bits per heavy atom. The minimum absolute atomic E-state index is 0.284. The van der Waals surface area contributed by atoms with E-state index in [9.17, 15) is 0 Å². The summed E-state index contributed by atoms with van der Waals surface area (Å²) < 4.78 is 11.3. The summed E-state index contributed by atoms with van der Waals surface area (Å²) in [7, 11) is 1.71. The molecule has 0 spiro atoms. The van der Waals surface area contributed by atoms with E-state index in [0.29, 0.717) is 0 Å². The third kappa shape index (κ3) is 5.35. The number of unbranched alkanes of at least 4 members (excludes halogenated alkanes) is 4. The van der Waals surface area contributed by atoms with Gasteiger partial charge in [0.25, 0.3) is 0 Å². The largest absolute Gasteiger partial charge is 0.497 e. The highest BCUT2D eigenvalue weighted by atomic mass is 16.5. The smallest absolute Gasteiger partial charge is 0.118 e. The van der Waals surface area contributed by atoms with Crippen molar-refractivity contribution in [3.8, 4) is 5.75 Å². The molecule has 1 aliphatic rings. The van der Waals surface area contributed by atoms with Gasteiger partial charge < -0.3 is 9.47 Å².